The first-order valence-electron chi connectivity index (χ1n) is 41.5. The summed E-state index contributed by atoms with van der Waals surface area (Å²) >= 11 is 0. The quantitative estimate of drug-likeness (QED) is 0.0222. The minimum absolute atomic E-state index is 0.106. The maximum absolute atomic E-state index is 13.1. The Kier molecular flexibility index (Phi) is 70.3. The van der Waals surface area contributed by atoms with E-state index in [1.54, 1.807) is 0 Å². The van der Waals surface area contributed by atoms with Gasteiger partial charge in [0.15, 0.2) is 12.2 Å². The molecule has 3 N–H and O–H groups in total. The molecule has 0 aromatic rings. The van der Waals surface area contributed by atoms with E-state index in [2.05, 4.69) is 41.5 Å². The van der Waals surface area contributed by atoms with Crippen LogP contribution in [0.4, 0.5) is 0 Å². The van der Waals surface area contributed by atoms with Crippen molar-refractivity contribution in [1.82, 2.24) is 0 Å². The van der Waals surface area contributed by atoms with Gasteiger partial charge in [0.05, 0.1) is 26.4 Å². The molecule has 0 saturated heterocycles. The summed E-state index contributed by atoms with van der Waals surface area (Å²) in [5.41, 5.74) is 0. The number of hydrogen-bond donors (Lipinski definition) is 3. The first-order valence-corrected chi connectivity index (χ1v) is 44.5. The third kappa shape index (κ3) is 74.1. The van der Waals surface area contributed by atoms with Crippen molar-refractivity contribution in [1.29, 1.82) is 0 Å². The fourth-order valence-electron chi connectivity index (χ4n) is 12.4. The fourth-order valence-corrected chi connectivity index (χ4v) is 13.9. The molecule has 0 amide bonds. The van der Waals surface area contributed by atoms with Gasteiger partial charge in [0.2, 0.25) is 0 Å². The molecule has 0 fully saturated rings. The molecule has 19 heteroatoms. The molecular weight excluding hydrogens is 1290 g/mol. The molecule has 0 saturated carbocycles. The Bertz CT molecular complexity index is 1910. The molecule has 99 heavy (non-hydrogen) atoms. The lowest BCUT2D eigenvalue weighted by Gasteiger charge is -2.21. The van der Waals surface area contributed by atoms with Gasteiger partial charge in [-0.3, -0.25) is 37.3 Å². The number of phosphoric acid groups is 2. The molecule has 0 spiro atoms. The van der Waals surface area contributed by atoms with E-state index in [0.29, 0.717) is 25.7 Å². The predicted molar refractivity (Wildman–Crippen MR) is 405 cm³/mol. The molecule has 0 bridgehead atoms. The predicted octanol–water partition coefficient (Wildman–Crippen LogP) is 23.9. The van der Waals surface area contributed by atoms with Crippen LogP contribution in [-0.4, -0.2) is 96.7 Å². The van der Waals surface area contributed by atoms with Crippen LogP contribution in [0.25, 0.3) is 0 Å². The van der Waals surface area contributed by atoms with Crippen molar-refractivity contribution in [2.45, 2.75) is 439 Å². The van der Waals surface area contributed by atoms with Gasteiger partial charge in [-0.2, -0.15) is 0 Å². The monoisotopic (exact) mass is 1450 g/mol. The highest BCUT2D eigenvalue weighted by Gasteiger charge is 2.30. The highest BCUT2D eigenvalue weighted by Crippen LogP contribution is 2.45. The maximum atomic E-state index is 13.1. The summed E-state index contributed by atoms with van der Waals surface area (Å²) in [5, 5.41) is 10.6. The Balaban J connectivity index is 5.20. The highest BCUT2D eigenvalue weighted by molar-refractivity contribution is 7.47. The minimum Gasteiger partial charge on any atom is -0.462 e. The van der Waals surface area contributed by atoms with E-state index in [0.717, 1.165) is 102 Å². The molecule has 5 atom stereocenters. The normalized spacial score (nSPS) is 13.9. The molecule has 0 aromatic carbocycles. The lowest BCUT2D eigenvalue weighted by atomic mass is 10.0. The molecular formula is C80H156O17P2. The summed E-state index contributed by atoms with van der Waals surface area (Å²) in [6.07, 6.45) is 61.2. The molecule has 588 valence electrons. The summed E-state index contributed by atoms with van der Waals surface area (Å²) in [5.74, 6) is -0.594. The SMILES string of the molecule is CCCCCCCCCCCCCCCCCCCCCCCCC(=O)O[C@H](COC(=O)CCCCCCCCCCCCCCC(C)C)COP(=O)(O)OC[C@@H](O)COP(=O)(O)OC[C@@H](COC(=O)CCCCCCCCCCCC)OC(=O)CCCCCCCCCCCC(C)C. The van der Waals surface area contributed by atoms with Crippen molar-refractivity contribution >= 4 is 39.5 Å². The molecule has 0 aliphatic carbocycles. The van der Waals surface area contributed by atoms with Crippen LogP contribution in [0.5, 0.6) is 0 Å². The van der Waals surface area contributed by atoms with Crippen LogP contribution in [-0.2, 0) is 65.4 Å². The molecule has 0 radical (unpaired) electrons. The third-order valence-corrected chi connectivity index (χ3v) is 20.6. The summed E-state index contributed by atoms with van der Waals surface area (Å²) in [6, 6.07) is 0. The van der Waals surface area contributed by atoms with E-state index in [1.165, 1.54) is 238 Å². The number of rotatable bonds is 79. The van der Waals surface area contributed by atoms with Crippen molar-refractivity contribution in [2.75, 3.05) is 39.6 Å². The molecule has 0 aliphatic heterocycles. The number of ether oxygens (including phenoxy) is 4. The lowest BCUT2D eigenvalue weighted by Crippen LogP contribution is -2.30. The van der Waals surface area contributed by atoms with Gasteiger partial charge in [0, 0.05) is 25.7 Å². The van der Waals surface area contributed by atoms with Crippen molar-refractivity contribution in [2.24, 2.45) is 11.8 Å². The van der Waals surface area contributed by atoms with Crippen LogP contribution in [0.3, 0.4) is 0 Å². The van der Waals surface area contributed by atoms with Gasteiger partial charge in [-0.15, -0.1) is 0 Å². The first kappa shape index (κ1) is 97.1. The standard InChI is InChI=1S/C80H156O17P2/c1-7-9-11-13-15-17-19-20-21-22-23-24-25-26-27-28-29-34-40-46-52-58-64-79(84)96-75(69-91-78(83)63-57-51-45-39-33-31-30-32-36-42-48-54-60-72(3)4)70-94-98(86,87)92-66-74(81)67-93-99(88,89)95-71-76(68-90-77(82)62-56-50-44-38-18-16-14-12-10-8-2)97-80(85)65-59-53-47-41-35-37-43-49-55-61-73(5)6/h72-76,81H,7-71H2,1-6H3,(H,86,87)(H,88,89)/t74-,75-,76-/m1/s1. The summed E-state index contributed by atoms with van der Waals surface area (Å²) in [7, 11) is -9.92. The number of esters is 4. The maximum Gasteiger partial charge on any atom is 0.472 e. The topological polar surface area (TPSA) is 237 Å². The van der Waals surface area contributed by atoms with Gasteiger partial charge >= 0.3 is 39.5 Å². The molecule has 0 aliphatic rings. The smallest absolute Gasteiger partial charge is 0.462 e. The number of carbonyl (C=O) groups excluding carboxylic acids is 4. The van der Waals surface area contributed by atoms with Crippen LogP contribution in [0, 0.1) is 11.8 Å². The number of unbranched alkanes of at least 4 members (excludes halogenated alkanes) is 49. The molecule has 0 heterocycles. The number of aliphatic hydroxyl groups is 1. The molecule has 2 unspecified atom stereocenters. The van der Waals surface area contributed by atoms with Crippen LogP contribution >= 0.6 is 15.6 Å². The zero-order valence-corrected chi connectivity index (χ0v) is 66.6. The fraction of sp³-hybridized carbons (Fsp3) is 0.950. The van der Waals surface area contributed by atoms with Gasteiger partial charge < -0.3 is 33.8 Å². The van der Waals surface area contributed by atoms with E-state index in [-0.39, 0.29) is 25.7 Å². The second-order valence-corrected chi connectivity index (χ2v) is 32.7. The van der Waals surface area contributed by atoms with Crippen LogP contribution < -0.4 is 0 Å². The number of carbonyl (C=O) groups is 4. The molecule has 0 aromatic heterocycles. The zero-order valence-electron chi connectivity index (χ0n) is 64.8. The zero-order chi connectivity index (χ0) is 72.8. The lowest BCUT2D eigenvalue weighted by molar-refractivity contribution is -0.161. The van der Waals surface area contributed by atoms with Gasteiger partial charge in [-0.05, 0) is 37.5 Å². The second-order valence-electron chi connectivity index (χ2n) is 29.8. The number of phosphoric ester groups is 2. The van der Waals surface area contributed by atoms with Crippen molar-refractivity contribution in [3.05, 3.63) is 0 Å². The summed E-state index contributed by atoms with van der Waals surface area (Å²) < 4.78 is 68.6. The van der Waals surface area contributed by atoms with Gasteiger partial charge in [-0.1, -0.05) is 369 Å². The van der Waals surface area contributed by atoms with Gasteiger partial charge in [0.25, 0.3) is 0 Å². The molecule has 0 rings (SSSR count). The Morgan fingerprint density at radius 2 is 0.465 bits per heavy atom. The van der Waals surface area contributed by atoms with Crippen LogP contribution in [0.2, 0.25) is 0 Å². The minimum atomic E-state index is -4.96. The number of hydrogen-bond acceptors (Lipinski definition) is 15. The van der Waals surface area contributed by atoms with E-state index in [4.69, 9.17) is 37.0 Å². The van der Waals surface area contributed by atoms with E-state index in [9.17, 15) is 43.2 Å². The van der Waals surface area contributed by atoms with Gasteiger partial charge in [-0.25, -0.2) is 9.13 Å². The van der Waals surface area contributed by atoms with E-state index >= 15 is 0 Å². The molecule has 17 nitrogen and oxygen atoms in total. The van der Waals surface area contributed by atoms with E-state index < -0.39 is 97.5 Å². The Morgan fingerprint density at radius 1 is 0.273 bits per heavy atom. The van der Waals surface area contributed by atoms with Gasteiger partial charge in [0.1, 0.15) is 19.3 Å². The first-order chi connectivity index (χ1) is 47.9. The Morgan fingerprint density at radius 3 is 0.687 bits per heavy atom. The van der Waals surface area contributed by atoms with E-state index in [1.807, 2.05) is 0 Å². The highest BCUT2D eigenvalue weighted by atomic mass is 31.2. The summed E-state index contributed by atoms with van der Waals surface area (Å²) in [6.45, 7) is 9.60. The average Bonchev–Trinajstić information content (AvgIpc) is 1.47. The second kappa shape index (κ2) is 71.7. The van der Waals surface area contributed by atoms with Crippen molar-refractivity contribution < 1.29 is 80.2 Å². The third-order valence-electron chi connectivity index (χ3n) is 18.7. The van der Waals surface area contributed by atoms with Crippen molar-refractivity contribution in [3.8, 4) is 0 Å². The summed E-state index contributed by atoms with van der Waals surface area (Å²) in [4.78, 5) is 72.9. The van der Waals surface area contributed by atoms with Crippen LogP contribution in [0.1, 0.15) is 420 Å². The Labute approximate surface area is 607 Å². The Hall–Kier alpha value is -1.94. The largest absolute Gasteiger partial charge is 0.472 e. The average molecular weight is 1450 g/mol. The van der Waals surface area contributed by atoms with Crippen LogP contribution in [0.15, 0.2) is 0 Å². The van der Waals surface area contributed by atoms with Crippen molar-refractivity contribution in [3.63, 3.8) is 0 Å². The number of aliphatic hydroxyl groups excluding tert-OH is 1.